The van der Waals surface area contributed by atoms with Crippen molar-refractivity contribution in [1.29, 1.82) is 0 Å². The highest BCUT2D eigenvalue weighted by Crippen LogP contribution is 2.39. The normalized spacial score (nSPS) is 24.1. The van der Waals surface area contributed by atoms with Crippen molar-refractivity contribution in [2.45, 2.75) is 62.5 Å². The second-order valence-electron chi connectivity index (χ2n) is 9.24. The maximum absolute atomic E-state index is 13.3. The number of benzene rings is 1. The highest BCUT2D eigenvalue weighted by atomic mass is 19.4. The van der Waals surface area contributed by atoms with E-state index in [1.165, 1.54) is 12.1 Å². The number of carbonyl (C=O) groups is 1. The van der Waals surface area contributed by atoms with Gasteiger partial charge in [-0.3, -0.25) is 9.78 Å². The van der Waals surface area contributed by atoms with E-state index in [1.54, 1.807) is 24.3 Å². The van der Waals surface area contributed by atoms with Gasteiger partial charge in [-0.15, -0.1) is 0 Å². The third-order valence-corrected chi connectivity index (χ3v) is 6.97. The predicted molar refractivity (Wildman–Crippen MR) is 118 cm³/mol. The Morgan fingerprint density at radius 3 is 2.47 bits per heavy atom. The number of halogens is 3. The van der Waals surface area contributed by atoms with E-state index >= 15 is 0 Å². The van der Waals surface area contributed by atoms with Gasteiger partial charge < -0.3 is 15.0 Å². The van der Waals surface area contributed by atoms with Crippen LogP contribution >= 0.6 is 0 Å². The summed E-state index contributed by atoms with van der Waals surface area (Å²) in [7, 11) is 1.64. The van der Waals surface area contributed by atoms with Crippen molar-refractivity contribution in [1.82, 2.24) is 25.1 Å². The van der Waals surface area contributed by atoms with Gasteiger partial charge >= 0.3 is 6.18 Å². The smallest absolute Gasteiger partial charge is 0.416 e. The number of aromatic nitrogens is 2. The molecule has 1 N–H and O–H groups in total. The van der Waals surface area contributed by atoms with Crippen LogP contribution in [0.1, 0.15) is 60.9 Å². The molecule has 3 aliphatic rings. The maximum Gasteiger partial charge on any atom is 0.416 e. The van der Waals surface area contributed by atoms with Gasteiger partial charge in [0, 0.05) is 18.5 Å². The Morgan fingerprint density at radius 2 is 1.85 bits per heavy atom. The first-order valence-corrected chi connectivity index (χ1v) is 11.7. The summed E-state index contributed by atoms with van der Waals surface area (Å²) in [4.78, 5) is 26.1. The van der Waals surface area contributed by atoms with Gasteiger partial charge in [-0.05, 0) is 56.8 Å². The number of hydrogen-bond donors (Lipinski definition) is 1. The molecule has 34 heavy (non-hydrogen) atoms. The van der Waals surface area contributed by atoms with Crippen LogP contribution in [0.15, 0.2) is 36.7 Å². The molecule has 5 rings (SSSR count). The molecule has 3 fully saturated rings. The fourth-order valence-electron chi connectivity index (χ4n) is 4.89. The van der Waals surface area contributed by atoms with E-state index in [1.807, 2.05) is 0 Å². The second kappa shape index (κ2) is 9.14. The van der Waals surface area contributed by atoms with Crippen molar-refractivity contribution >= 4 is 5.91 Å². The summed E-state index contributed by atoms with van der Waals surface area (Å²) in [5.74, 6) is 0.847. The van der Waals surface area contributed by atoms with Gasteiger partial charge in [0.25, 0.3) is 0 Å². The number of carbonyl (C=O) groups excluding carboxylic acids is 1. The van der Waals surface area contributed by atoms with Gasteiger partial charge in [0.2, 0.25) is 11.8 Å². The molecule has 2 aliphatic heterocycles. The van der Waals surface area contributed by atoms with Crippen molar-refractivity contribution < 1.29 is 22.7 Å². The zero-order valence-corrected chi connectivity index (χ0v) is 19.0. The average molecular weight is 476 g/mol. The molecule has 10 heteroatoms. The van der Waals surface area contributed by atoms with E-state index in [9.17, 15) is 18.0 Å². The summed E-state index contributed by atoms with van der Waals surface area (Å²) in [6.07, 6.45) is 3.83. The van der Waals surface area contributed by atoms with Gasteiger partial charge in [-0.1, -0.05) is 12.1 Å². The highest BCUT2D eigenvalue weighted by molar-refractivity contribution is 5.83. The number of nitrogens with one attached hydrogen (secondary N) is 1. The zero-order valence-electron chi connectivity index (χ0n) is 19.0. The molecule has 2 saturated heterocycles. The van der Waals surface area contributed by atoms with Crippen LogP contribution in [0.3, 0.4) is 0 Å². The summed E-state index contributed by atoms with van der Waals surface area (Å²) < 4.78 is 44.9. The Hall–Kier alpha value is -2.72. The molecule has 1 aromatic heterocycles. The molecule has 1 unspecified atom stereocenters. The predicted octanol–water partition coefficient (Wildman–Crippen LogP) is 3.69. The van der Waals surface area contributed by atoms with Crippen molar-refractivity contribution in [3.05, 3.63) is 53.5 Å². The number of alkyl halides is 3. The lowest BCUT2D eigenvalue weighted by molar-refractivity contribution is -0.141. The third-order valence-electron chi connectivity index (χ3n) is 6.97. The van der Waals surface area contributed by atoms with E-state index in [-0.39, 0.29) is 12.1 Å². The minimum atomic E-state index is -4.41. The van der Waals surface area contributed by atoms with Crippen LogP contribution < -0.4 is 10.1 Å². The third kappa shape index (κ3) is 4.74. The van der Waals surface area contributed by atoms with Crippen molar-refractivity contribution in [2.75, 3.05) is 20.3 Å². The highest BCUT2D eigenvalue weighted by Gasteiger charge is 2.41. The van der Waals surface area contributed by atoms with Gasteiger partial charge in [0.05, 0.1) is 30.3 Å². The Morgan fingerprint density at radius 1 is 1.09 bits per heavy atom. The van der Waals surface area contributed by atoms with Crippen molar-refractivity contribution in [3.8, 4) is 5.88 Å². The first-order chi connectivity index (χ1) is 16.3. The Balaban J connectivity index is 1.25. The number of likely N-dealkylation sites (N-methyl/N-ethyl adjacent to an activating group) is 1. The van der Waals surface area contributed by atoms with E-state index < -0.39 is 17.8 Å². The molecular formula is C24H28F3N5O2. The lowest BCUT2D eigenvalue weighted by Gasteiger charge is -2.41. The molecule has 182 valence electrons. The van der Waals surface area contributed by atoms with E-state index in [4.69, 9.17) is 4.74 Å². The number of fused-ring (bicyclic) bond motifs is 1. The van der Waals surface area contributed by atoms with Gasteiger partial charge in [-0.2, -0.15) is 13.2 Å². The molecule has 1 aromatic carbocycles. The molecule has 3 atom stereocenters. The number of nitrogens with zero attached hydrogens (tertiary/aromatic N) is 4. The van der Waals surface area contributed by atoms with Crippen LogP contribution in [0.4, 0.5) is 13.2 Å². The van der Waals surface area contributed by atoms with Crippen LogP contribution in [-0.4, -0.2) is 58.2 Å². The summed E-state index contributed by atoms with van der Waals surface area (Å²) >= 11 is 0. The fourth-order valence-corrected chi connectivity index (χ4v) is 4.89. The summed E-state index contributed by atoms with van der Waals surface area (Å²) in [5.41, 5.74) is 0.778. The Bertz CT molecular complexity index is 1010. The van der Waals surface area contributed by atoms with Crippen LogP contribution in [0.5, 0.6) is 5.88 Å². The number of hydrogen-bond acceptors (Lipinski definition) is 6. The van der Waals surface area contributed by atoms with E-state index in [2.05, 4.69) is 20.2 Å². The minimum Gasteiger partial charge on any atom is -0.457 e. The van der Waals surface area contributed by atoms with Crippen LogP contribution in [0.25, 0.3) is 0 Å². The summed E-state index contributed by atoms with van der Waals surface area (Å²) in [5, 5.41) is 2.96. The maximum atomic E-state index is 13.3. The molecule has 0 radical (unpaired) electrons. The first kappa shape index (κ1) is 23.0. The van der Waals surface area contributed by atoms with Gasteiger partial charge in [0.1, 0.15) is 6.04 Å². The molecule has 3 heterocycles. The lowest BCUT2D eigenvalue weighted by atomic mass is 10.0. The molecule has 2 aromatic rings. The van der Waals surface area contributed by atoms with Crippen LogP contribution in [-0.2, 0) is 11.0 Å². The lowest BCUT2D eigenvalue weighted by Crippen LogP contribution is -2.55. The standard InChI is InChI=1S/C24H28F3N5O2/c1-28-22(16-4-6-17(7-5-16)24(25,26)27)23(33)31-11-10-18-8-9-21(32(18)14-31)34-20-13-29-19(12-30-20)15-2-3-15/h4-7,12-13,15,18,21-22,28H,2-3,8-11,14H2,1H3/t18-,21-,22?/m0/s1. The Labute approximate surface area is 196 Å². The van der Waals surface area contributed by atoms with Crippen molar-refractivity contribution in [3.63, 3.8) is 0 Å². The minimum absolute atomic E-state index is 0.167. The van der Waals surface area contributed by atoms with E-state index in [0.29, 0.717) is 36.6 Å². The quantitative estimate of drug-likeness (QED) is 0.687. The zero-order chi connectivity index (χ0) is 23.9. The first-order valence-electron chi connectivity index (χ1n) is 11.7. The van der Waals surface area contributed by atoms with Gasteiger partial charge in [-0.25, -0.2) is 9.88 Å². The summed E-state index contributed by atoms with van der Waals surface area (Å²) in [6, 6.07) is 4.35. The monoisotopic (exact) mass is 475 g/mol. The molecular weight excluding hydrogens is 447 g/mol. The fraction of sp³-hybridized carbons (Fsp3) is 0.542. The van der Waals surface area contributed by atoms with Crippen LogP contribution in [0, 0.1) is 0 Å². The number of rotatable bonds is 6. The van der Waals surface area contributed by atoms with Gasteiger partial charge in [0.15, 0.2) is 6.23 Å². The average Bonchev–Trinajstić information content (AvgIpc) is 3.61. The second-order valence-corrected chi connectivity index (χ2v) is 9.24. The molecule has 1 amide bonds. The Kier molecular flexibility index (Phi) is 6.20. The summed E-state index contributed by atoms with van der Waals surface area (Å²) in [6.45, 7) is 1.00. The molecule has 1 aliphatic carbocycles. The molecule has 1 saturated carbocycles. The number of ether oxygens (including phenoxy) is 1. The number of amides is 1. The SMILES string of the molecule is CNC(C(=O)N1CC[C@@H]2CC[C@H](Oc3cnc(C4CC4)cn3)N2C1)c1ccc(C(F)(F)F)cc1. The molecule has 0 spiro atoms. The van der Waals surface area contributed by atoms with Crippen LogP contribution in [0.2, 0.25) is 0 Å². The molecule has 7 nitrogen and oxygen atoms in total. The molecule has 0 bridgehead atoms. The van der Waals surface area contributed by atoms with Crippen molar-refractivity contribution in [2.24, 2.45) is 0 Å². The topological polar surface area (TPSA) is 70.6 Å². The largest absolute Gasteiger partial charge is 0.457 e. The van der Waals surface area contributed by atoms with E-state index in [0.717, 1.165) is 49.9 Å².